The van der Waals surface area contributed by atoms with E-state index in [0.29, 0.717) is 12.3 Å². The van der Waals surface area contributed by atoms with Crippen molar-refractivity contribution in [2.75, 3.05) is 14.2 Å². The molecule has 12 heavy (non-hydrogen) atoms. The van der Waals surface area contributed by atoms with Crippen LogP contribution < -0.4 is 0 Å². The molecular formula is C9H18O3. The fourth-order valence-electron chi connectivity index (χ4n) is 1.06. The summed E-state index contributed by atoms with van der Waals surface area (Å²) in [5.74, 6) is 0.335. The van der Waals surface area contributed by atoms with Crippen LogP contribution >= 0.6 is 0 Å². The fraction of sp³-hybridized carbons (Fsp3) is 0.889. The largest absolute Gasteiger partial charge is 0.469 e. The Morgan fingerprint density at radius 3 is 2.25 bits per heavy atom. The van der Waals surface area contributed by atoms with Gasteiger partial charge in [0, 0.05) is 7.11 Å². The summed E-state index contributed by atoms with van der Waals surface area (Å²) in [5, 5.41) is 0. The highest BCUT2D eigenvalue weighted by Crippen LogP contribution is 2.11. The van der Waals surface area contributed by atoms with E-state index < -0.39 is 0 Å². The van der Waals surface area contributed by atoms with Crippen molar-refractivity contribution >= 4 is 5.97 Å². The van der Waals surface area contributed by atoms with Crippen molar-refractivity contribution in [3.63, 3.8) is 0 Å². The Balaban J connectivity index is 3.74. The molecule has 0 spiro atoms. The summed E-state index contributed by atoms with van der Waals surface area (Å²) >= 11 is 0. The molecule has 0 aliphatic rings. The monoisotopic (exact) mass is 174 g/mol. The van der Waals surface area contributed by atoms with Crippen LogP contribution in [0.5, 0.6) is 0 Å². The molecule has 0 rings (SSSR count). The average Bonchev–Trinajstić information content (AvgIpc) is 2.02. The smallest absolute Gasteiger partial charge is 0.308 e. The predicted octanol–water partition coefficient (Wildman–Crippen LogP) is 1.61. The highest BCUT2D eigenvalue weighted by atomic mass is 16.5. The molecule has 0 saturated carbocycles. The van der Waals surface area contributed by atoms with Crippen LogP contribution in [0.25, 0.3) is 0 Å². The Labute approximate surface area is 74.0 Å². The molecule has 3 nitrogen and oxygen atoms in total. The normalized spacial score (nSPS) is 13.1. The van der Waals surface area contributed by atoms with Gasteiger partial charge in [-0.1, -0.05) is 13.8 Å². The first-order valence-electron chi connectivity index (χ1n) is 4.19. The average molecular weight is 174 g/mol. The Hall–Kier alpha value is -0.570. The number of carbonyl (C=O) groups is 1. The van der Waals surface area contributed by atoms with E-state index >= 15 is 0 Å². The van der Waals surface area contributed by atoms with E-state index in [1.807, 2.05) is 0 Å². The summed E-state index contributed by atoms with van der Waals surface area (Å²) in [6, 6.07) is 0. The van der Waals surface area contributed by atoms with Gasteiger partial charge in [0.15, 0.2) is 0 Å². The number of esters is 1. The number of rotatable bonds is 5. The number of carbonyl (C=O) groups excluding carboxylic acids is 1. The standard InChI is InChI=1S/C9H18O3/c1-7(2)5-8(11-3)6-9(10)12-4/h7-8H,5-6H2,1-4H3. The minimum Gasteiger partial charge on any atom is -0.469 e. The third-order valence-electron chi connectivity index (χ3n) is 1.69. The van der Waals surface area contributed by atoms with E-state index in [1.165, 1.54) is 7.11 Å². The molecular weight excluding hydrogens is 156 g/mol. The van der Waals surface area contributed by atoms with Crippen LogP contribution in [0.1, 0.15) is 26.7 Å². The van der Waals surface area contributed by atoms with Gasteiger partial charge in [0.1, 0.15) is 0 Å². The first-order valence-corrected chi connectivity index (χ1v) is 4.19. The molecule has 0 aromatic rings. The highest BCUT2D eigenvalue weighted by molar-refractivity contribution is 5.69. The zero-order chi connectivity index (χ0) is 9.56. The summed E-state index contributed by atoms with van der Waals surface area (Å²) in [6.07, 6.45) is 1.24. The predicted molar refractivity (Wildman–Crippen MR) is 46.9 cm³/mol. The SMILES string of the molecule is COC(=O)CC(CC(C)C)OC. The van der Waals surface area contributed by atoms with Gasteiger partial charge in [-0.3, -0.25) is 4.79 Å². The van der Waals surface area contributed by atoms with Crippen LogP contribution in [0, 0.1) is 5.92 Å². The van der Waals surface area contributed by atoms with Crippen LogP contribution in [0.15, 0.2) is 0 Å². The Kier molecular flexibility index (Phi) is 5.72. The van der Waals surface area contributed by atoms with E-state index in [4.69, 9.17) is 4.74 Å². The molecule has 0 heterocycles. The van der Waals surface area contributed by atoms with E-state index in [-0.39, 0.29) is 12.1 Å². The van der Waals surface area contributed by atoms with Crippen molar-refractivity contribution in [3.8, 4) is 0 Å². The van der Waals surface area contributed by atoms with Crippen LogP contribution in [0.4, 0.5) is 0 Å². The van der Waals surface area contributed by atoms with Crippen LogP contribution in [0.3, 0.4) is 0 Å². The molecule has 0 fully saturated rings. The second-order valence-electron chi connectivity index (χ2n) is 3.27. The second kappa shape index (κ2) is 6.00. The molecule has 0 N–H and O–H groups in total. The number of methoxy groups -OCH3 is 2. The zero-order valence-electron chi connectivity index (χ0n) is 8.29. The number of hydrogen-bond donors (Lipinski definition) is 0. The molecule has 0 radical (unpaired) electrons. The Morgan fingerprint density at radius 2 is 1.92 bits per heavy atom. The van der Waals surface area contributed by atoms with Crippen LogP contribution in [-0.2, 0) is 14.3 Å². The molecule has 1 unspecified atom stereocenters. The van der Waals surface area contributed by atoms with Gasteiger partial charge in [-0.05, 0) is 12.3 Å². The third-order valence-corrected chi connectivity index (χ3v) is 1.69. The van der Waals surface area contributed by atoms with Gasteiger partial charge < -0.3 is 9.47 Å². The van der Waals surface area contributed by atoms with Crippen LogP contribution in [0.2, 0.25) is 0 Å². The maximum Gasteiger partial charge on any atom is 0.308 e. The summed E-state index contributed by atoms with van der Waals surface area (Å²) < 4.78 is 9.68. The van der Waals surface area contributed by atoms with Gasteiger partial charge in [0.2, 0.25) is 0 Å². The van der Waals surface area contributed by atoms with Gasteiger partial charge in [-0.25, -0.2) is 0 Å². The van der Waals surface area contributed by atoms with Gasteiger partial charge in [-0.15, -0.1) is 0 Å². The molecule has 3 heteroatoms. The first-order chi connectivity index (χ1) is 5.60. The lowest BCUT2D eigenvalue weighted by atomic mass is 10.0. The lowest BCUT2D eigenvalue weighted by molar-refractivity contribution is -0.143. The quantitative estimate of drug-likeness (QED) is 0.594. The molecule has 0 aromatic carbocycles. The molecule has 0 bridgehead atoms. The van der Waals surface area contributed by atoms with Gasteiger partial charge >= 0.3 is 5.97 Å². The van der Waals surface area contributed by atoms with Gasteiger partial charge in [0.05, 0.1) is 19.6 Å². The van der Waals surface area contributed by atoms with Crippen LogP contribution in [-0.4, -0.2) is 26.3 Å². The zero-order valence-corrected chi connectivity index (χ0v) is 8.29. The summed E-state index contributed by atoms with van der Waals surface area (Å²) in [5.41, 5.74) is 0. The summed E-state index contributed by atoms with van der Waals surface area (Å²) in [7, 11) is 3.01. The minimum absolute atomic E-state index is 0.00236. The maximum absolute atomic E-state index is 10.9. The Bertz CT molecular complexity index is 132. The molecule has 0 saturated heterocycles. The maximum atomic E-state index is 10.9. The lowest BCUT2D eigenvalue weighted by Gasteiger charge is -2.15. The van der Waals surface area contributed by atoms with Gasteiger partial charge in [-0.2, -0.15) is 0 Å². The third kappa shape index (κ3) is 5.13. The number of hydrogen-bond acceptors (Lipinski definition) is 3. The molecule has 0 amide bonds. The second-order valence-corrected chi connectivity index (χ2v) is 3.27. The van der Waals surface area contributed by atoms with Crippen molar-refractivity contribution in [2.45, 2.75) is 32.8 Å². The molecule has 0 aliphatic heterocycles. The summed E-state index contributed by atoms with van der Waals surface area (Å²) in [6.45, 7) is 4.20. The Morgan fingerprint density at radius 1 is 1.33 bits per heavy atom. The van der Waals surface area contributed by atoms with Crippen molar-refractivity contribution < 1.29 is 14.3 Å². The van der Waals surface area contributed by atoms with E-state index in [0.717, 1.165) is 6.42 Å². The molecule has 1 atom stereocenters. The highest BCUT2D eigenvalue weighted by Gasteiger charge is 2.14. The first kappa shape index (κ1) is 11.4. The molecule has 72 valence electrons. The van der Waals surface area contributed by atoms with E-state index in [1.54, 1.807) is 7.11 Å². The summed E-state index contributed by atoms with van der Waals surface area (Å²) in [4.78, 5) is 10.9. The van der Waals surface area contributed by atoms with Gasteiger partial charge in [0.25, 0.3) is 0 Å². The topological polar surface area (TPSA) is 35.5 Å². The molecule has 0 aromatic heterocycles. The molecule has 0 aliphatic carbocycles. The van der Waals surface area contributed by atoms with Crippen molar-refractivity contribution in [1.29, 1.82) is 0 Å². The van der Waals surface area contributed by atoms with E-state index in [9.17, 15) is 4.79 Å². The van der Waals surface area contributed by atoms with E-state index in [2.05, 4.69) is 18.6 Å². The van der Waals surface area contributed by atoms with Crippen molar-refractivity contribution in [1.82, 2.24) is 0 Å². The van der Waals surface area contributed by atoms with Crippen molar-refractivity contribution in [3.05, 3.63) is 0 Å². The fourth-order valence-corrected chi connectivity index (χ4v) is 1.06. The lowest BCUT2D eigenvalue weighted by Crippen LogP contribution is -2.19. The number of ether oxygens (including phenoxy) is 2. The minimum atomic E-state index is -0.206. The van der Waals surface area contributed by atoms with Crippen molar-refractivity contribution in [2.24, 2.45) is 5.92 Å².